The maximum atomic E-state index is 11.2. The van der Waals surface area contributed by atoms with Crippen molar-refractivity contribution in [1.82, 2.24) is 24.5 Å². The van der Waals surface area contributed by atoms with Crippen molar-refractivity contribution in [2.45, 2.75) is 41.9 Å². The fraction of sp³-hybridized carbons (Fsp3) is 0.318. The Morgan fingerprint density at radius 3 is 2.76 bits per heavy atom. The van der Waals surface area contributed by atoms with Gasteiger partial charge < -0.3 is 15.1 Å². The molecule has 0 fully saturated rings. The van der Waals surface area contributed by atoms with Crippen LogP contribution in [-0.4, -0.2) is 40.9 Å². The van der Waals surface area contributed by atoms with Crippen LogP contribution in [0.4, 0.5) is 5.82 Å². The Labute approximate surface area is 204 Å². The highest BCUT2D eigenvalue weighted by Crippen LogP contribution is 2.32. The fourth-order valence-corrected chi connectivity index (χ4v) is 6.56. The number of fused-ring (bicyclic) bond motifs is 1. The summed E-state index contributed by atoms with van der Waals surface area (Å²) < 4.78 is 1.68. The van der Waals surface area contributed by atoms with Gasteiger partial charge in [0, 0.05) is 35.3 Å². The predicted octanol–water partition coefficient (Wildman–Crippen LogP) is 6.02. The molecule has 8 nitrogen and oxygen atoms in total. The molecular weight excluding hydrogens is 476 g/mol. The quantitative estimate of drug-likeness (QED) is 0.122. The van der Waals surface area contributed by atoms with E-state index in [2.05, 4.69) is 26.9 Å². The number of rotatable bonds is 10. The average molecular weight is 501 g/mol. The lowest BCUT2D eigenvalue weighted by Crippen LogP contribution is -2.08. The summed E-state index contributed by atoms with van der Waals surface area (Å²) in [6, 6.07) is 10.1. The molecule has 4 aromatic rings. The average Bonchev–Trinajstić information content (AvgIpc) is 3.39. The number of thioether (sulfide) groups is 3. The number of nitro groups is 1. The Morgan fingerprint density at radius 2 is 1.97 bits per heavy atom. The second-order valence-electron chi connectivity index (χ2n) is 7.34. The van der Waals surface area contributed by atoms with Crippen molar-refractivity contribution in [1.29, 1.82) is 0 Å². The van der Waals surface area contributed by atoms with Gasteiger partial charge in [0.25, 0.3) is 0 Å². The number of para-hydroxylation sites is 2. The summed E-state index contributed by atoms with van der Waals surface area (Å²) in [5.74, 6) is 3.21. The smallest absolute Gasteiger partial charge is 0.343 e. The van der Waals surface area contributed by atoms with E-state index >= 15 is 0 Å². The van der Waals surface area contributed by atoms with Gasteiger partial charge in [0.2, 0.25) is 0 Å². The van der Waals surface area contributed by atoms with Gasteiger partial charge in [-0.1, -0.05) is 23.9 Å². The number of pyridine rings is 1. The minimum atomic E-state index is -0.378. The summed E-state index contributed by atoms with van der Waals surface area (Å²) in [7, 11) is 0. The van der Waals surface area contributed by atoms with Crippen molar-refractivity contribution in [3.8, 4) is 0 Å². The first kappa shape index (κ1) is 23.7. The van der Waals surface area contributed by atoms with Crippen molar-refractivity contribution in [3.63, 3.8) is 0 Å². The molecule has 0 saturated heterocycles. The van der Waals surface area contributed by atoms with E-state index in [4.69, 9.17) is 0 Å². The fourth-order valence-electron chi connectivity index (χ4n) is 3.47. The van der Waals surface area contributed by atoms with Crippen LogP contribution in [0.5, 0.6) is 0 Å². The van der Waals surface area contributed by atoms with E-state index in [1.807, 2.05) is 43.5 Å². The number of nitrogens with one attached hydrogen (secondary N) is 1. The number of benzene rings is 1. The van der Waals surface area contributed by atoms with Crippen molar-refractivity contribution in [3.05, 3.63) is 69.9 Å². The van der Waals surface area contributed by atoms with Crippen LogP contribution in [0.25, 0.3) is 11.0 Å². The van der Waals surface area contributed by atoms with Gasteiger partial charge in [0.05, 0.1) is 16.7 Å². The number of H-pyrrole nitrogens is 1. The van der Waals surface area contributed by atoms with Gasteiger partial charge in [-0.3, -0.25) is 4.98 Å². The molecule has 0 saturated carbocycles. The number of aryl methyl sites for hydroxylation is 1. The lowest BCUT2D eigenvalue weighted by atomic mass is 10.2. The molecule has 0 radical (unpaired) electrons. The zero-order valence-electron chi connectivity index (χ0n) is 18.5. The molecule has 4 rings (SSSR count). The molecule has 11 heteroatoms. The topological polar surface area (TPSA) is 103 Å². The van der Waals surface area contributed by atoms with Crippen LogP contribution in [0.1, 0.15) is 29.4 Å². The van der Waals surface area contributed by atoms with E-state index < -0.39 is 0 Å². The van der Waals surface area contributed by atoms with Crippen LogP contribution in [0.15, 0.2) is 52.8 Å². The predicted molar refractivity (Wildman–Crippen MR) is 136 cm³/mol. The van der Waals surface area contributed by atoms with Crippen molar-refractivity contribution < 1.29 is 4.92 Å². The summed E-state index contributed by atoms with van der Waals surface area (Å²) in [5.41, 5.74) is 4.25. The lowest BCUT2D eigenvalue weighted by molar-refractivity contribution is -0.392. The Bertz CT molecular complexity index is 1240. The van der Waals surface area contributed by atoms with Gasteiger partial charge >= 0.3 is 5.82 Å². The first-order valence-electron chi connectivity index (χ1n) is 10.4. The first-order chi connectivity index (χ1) is 15.9. The molecule has 1 unspecified atom stereocenters. The van der Waals surface area contributed by atoms with Crippen molar-refractivity contribution >= 4 is 52.1 Å². The van der Waals surface area contributed by atoms with Crippen LogP contribution >= 0.6 is 35.3 Å². The third kappa shape index (κ3) is 5.53. The molecule has 172 valence electrons. The number of hydrogen-bond acceptors (Lipinski definition) is 8. The third-order valence-electron chi connectivity index (χ3n) is 5.18. The van der Waals surface area contributed by atoms with Crippen LogP contribution in [0, 0.1) is 24.0 Å². The number of hydrogen-bond donors (Lipinski definition) is 1. The van der Waals surface area contributed by atoms with E-state index in [0.29, 0.717) is 5.82 Å². The van der Waals surface area contributed by atoms with Crippen molar-refractivity contribution in [2.75, 3.05) is 11.5 Å². The molecule has 0 amide bonds. The highest BCUT2D eigenvalue weighted by molar-refractivity contribution is 8.03. The van der Waals surface area contributed by atoms with Gasteiger partial charge in [-0.25, -0.2) is 9.97 Å². The summed E-state index contributed by atoms with van der Waals surface area (Å²) in [6.07, 6.45) is 3.18. The minimum absolute atomic E-state index is 0.0386. The van der Waals surface area contributed by atoms with E-state index in [0.717, 1.165) is 39.1 Å². The molecule has 3 aromatic heterocycles. The first-order valence-corrected chi connectivity index (χ1v) is 13.4. The second-order valence-corrected chi connectivity index (χ2v) is 10.9. The summed E-state index contributed by atoms with van der Waals surface area (Å²) in [4.78, 5) is 28.7. The van der Waals surface area contributed by atoms with E-state index in [9.17, 15) is 10.1 Å². The molecule has 0 aliphatic rings. The molecule has 1 N–H and O–H groups in total. The number of nitrogens with zero attached hydrogens (tertiary/aromatic N) is 5. The molecule has 1 atom stereocenters. The van der Waals surface area contributed by atoms with Crippen LogP contribution < -0.4 is 0 Å². The third-order valence-corrected chi connectivity index (χ3v) is 8.62. The summed E-state index contributed by atoms with van der Waals surface area (Å²) in [6.45, 7) is 5.88. The maximum Gasteiger partial charge on any atom is 0.343 e. The molecule has 0 bridgehead atoms. The van der Waals surface area contributed by atoms with Crippen LogP contribution in [0.3, 0.4) is 0 Å². The summed E-state index contributed by atoms with van der Waals surface area (Å²) >= 11 is 5.12. The number of imidazole rings is 2. The zero-order chi connectivity index (χ0) is 23.4. The van der Waals surface area contributed by atoms with Gasteiger partial charge in [-0.05, 0) is 42.5 Å². The van der Waals surface area contributed by atoms with E-state index in [1.165, 1.54) is 16.7 Å². The normalized spacial score (nSPS) is 12.3. The highest BCUT2D eigenvalue weighted by Gasteiger charge is 2.23. The Morgan fingerprint density at radius 1 is 1.15 bits per heavy atom. The monoisotopic (exact) mass is 500 g/mol. The standard InChI is InChI=1S/C22H24N6O2S3/c1-14-19(13-33-22-25-17-6-4-5-7-18(17)26-22)23-9-8-20(14)32-11-10-31-16(3)27-15(2)24-12-21(27)28(29)30/h4-9,12,16H,10-11,13H2,1-3H3,(H,25,26). The van der Waals surface area contributed by atoms with Crippen LogP contribution in [0.2, 0.25) is 0 Å². The van der Waals surface area contributed by atoms with Crippen LogP contribution in [-0.2, 0) is 5.75 Å². The highest BCUT2D eigenvalue weighted by atomic mass is 32.2. The molecule has 0 spiro atoms. The molecule has 3 heterocycles. The summed E-state index contributed by atoms with van der Waals surface area (Å²) in [5, 5.41) is 12.1. The minimum Gasteiger partial charge on any atom is -0.358 e. The van der Waals surface area contributed by atoms with Gasteiger partial charge in [-0.15, -0.1) is 23.5 Å². The molecule has 0 aliphatic heterocycles. The Kier molecular flexibility index (Phi) is 7.61. The molecule has 0 aliphatic carbocycles. The van der Waals surface area contributed by atoms with Gasteiger partial charge in [-0.2, -0.15) is 4.57 Å². The van der Waals surface area contributed by atoms with Crippen molar-refractivity contribution in [2.24, 2.45) is 0 Å². The molecule has 1 aromatic carbocycles. The van der Waals surface area contributed by atoms with E-state index in [1.54, 1.807) is 46.8 Å². The second kappa shape index (κ2) is 10.6. The molecular formula is C22H24N6O2S3. The Balaban J connectivity index is 1.31. The Hall–Kier alpha value is -2.50. The molecule has 33 heavy (non-hydrogen) atoms. The largest absolute Gasteiger partial charge is 0.358 e. The lowest BCUT2D eigenvalue weighted by Gasteiger charge is -2.12. The van der Waals surface area contributed by atoms with Gasteiger partial charge in [0.15, 0.2) is 11.0 Å². The zero-order valence-corrected chi connectivity index (χ0v) is 21.0. The number of aromatic amines is 1. The van der Waals surface area contributed by atoms with E-state index in [-0.39, 0.29) is 16.1 Å². The van der Waals surface area contributed by atoms with Gasteiger partial charge in [0.1, 0.15) is 11.6 Å². The maximum absolute atomic E-state index is 11.2. The SMILES string of the molecule is Cc1c(SCCSC(C)n2c([N+](=O)[O-])cnc2C)ccnc1CSc1nc2ccccc2[nH]1. The number of aromatic nitrogens is 5.